The maximum Gasteiger partial charge on any atom is 0.337 e. The van der Waals surface area contributed by atoms with Crippen molar-refractivity contribution in [3.8, 4) is 11.1 Å². The molecule has 1 heterocycles. The SMILES string of the molecule is COC(=O)c1ccc([C@H]2Nc3ccc(-c4ccccc4)cc3C3C=CCC32)cc1. The van der Waals surface area contributed by atoms with E-state index in [-0.39, 0.29) is 12.0 Å². The predicted octanol–water partition coefficient (Wildman–Crippen LogP) is 5.97. The van der Waals surface area contributed by atoms with Gasteiger partial charge in [0.1, 0.15) is 0 Å². The molecule has 0 fully saturated rings. The van der Waals surface area contributed by atoms with Crippen LogP contribution in [0.25, 0.3) is 11.1 Å². The van der Waals surface area contributed by atoms with Crippen molar-refractivity contribution in [2.45, 2.75) is 18.4 Å². The number of rotatable bonds is 3. The first kappa shape index (κ1) is 17.7. The van der Waals surface area contributed by atoms with E-state index in [0.29, 0.717) is 17.4 Å². The molecule has 3 heteroatoms. The van der Waals surface area contributed by atoms with Gasteiger partial charge in [-0.25, -0.2) is 4.79 Å². The molecule has 5 rings (SSSR count). The van der Waals surface area contributed by atoms with Crippen LogP contribution in [0.2, 0.25) is 0 Å². The zero-order chi connectivity index (χ0) is 19.8. The van der Waals surface area contributed by atoms with Crippen molar-refractivity contribution in [3.63, 3.8) is 0 Å². The Morgan fingerprint density at radius 2 is 1.76 bits per heavy atom. The van der Waals surface area contributed by atoms with Crippen LogP contribution in [-0.2, 0) is 4.74 Å². The quantitative estimate of drug-likeness (QED) is 0.449. The predicted molar refractivity (Wildman–Crippen MR) is 116 cm³/mol. The number of esters is 1. The third-order valence-corrected chi connectivity index (χ3v) is 6.16. The van der Waals surface area contributed by atoms with Gasteiger partial charge in [0.25, 0.3) is 0 Å². The third-order valence-electron chi connectivity index (χ3n) is 6.16. The summed E-state index contributed by atoms with van der Waals surface area (Å²) in [6, 6.07) is 25.3. The van der Waals surface area contributed by atoms with Gasteiger partial charge >= 0.3 is 5.97 Å². The molecule has 0 bridgehead atoms. The number of benzene rings is 3. The van der Waals surface area contributed by atoms with E-state index >= 15 is 0 Å². The van der Waals surface area contributed by atoms with E-state index in [2.05, 4.69) is 66.0 Å². The van der Waals surface area contributed by atoms with Crippen molar-refractivity contribution >= 4 is 11.7 Å². The van der Waals surface area contributed by atoms with Crippen LogP contribution < -0.4 is 5.32 Å². The average Bonchev–Trinajstić information content (AvgIpc) is 3.29. The Hall–Kier alpha value is -3.33. The maximum atomic E-state index is 11.7. The second kappa shape index (κ2) is 7.25. The van der Waals surface area contributed by atoms with Crippen LogP contribution in [0.15, 0.2) is 84.9 Å². The van der Waals surface area contributed by atoms with Crippen molar-refractivity contribution in [1.82, 2.24) is 0 Å². The number of anilines is 1. The van der Waals surface area contributed by atoms with Crippen molar-refractivity contribution in [2.75, 3.05) is 12.4 Å². The van der Waals surface area contributed by atoms with Gasteiger partial charge < -0.3 is 10.1 Å². The molecule has 3 aromatic rings. The first-order valence-electron chi connectivity index (χ1n) is 10.1. The molecule has 2 unspecified atom stereocenters. The molecular weight excluding hydrogens is 358 g/mol. The smallest absolute Gasteiger partial charge is 0.337 e. The molecule has 0 saturated heterocycles. The summed E-state index contributed by atoms with van der Waals surface area (Å²) in [7, 11) is 1.41. The lowest BCUT2D eigenvalue weighted by Gasteiger charge is -2.38. The number of fused-ring (bicyclic) bond motifs is 3. The van der Waals surface area contributed by atoms with Gasteiger partial charge in [0.05, 0.1) is 18.7 Å². The lowest BCUT2D eigenvalue weighted by atomic mass is 9.76. The van der Waals surface area contributed by atoms with Crippen LogP contribution in [0.5, 0.6) is 0 Å². The molecule has 0 radical (unpaired) electrons. The van der Waals surface area contributed by atoms with Gasteiger partial charge in [0.2, 0.25) is 0 Å². The van der Waals surface area contributed by atoms with Gasteiger partial charge in [-0.15, -0.1) is 0 Å². The number of hydrogen-bond acceptors (Lipinski definition) is 3. The Morgan fingerprint density at radius 3 is 2.52 bits per heavy atom. The van der Waals surface area contributed by atoms with Crippen LogP contribution in [0.1, 0.15) is 39.9 Å². The zero-order valence-electron chi connectivity index (χ0n) is 16.3. The first-order valence-corrected chi connectivity index (χ1v) is 10.1. The Balaban J connectivity index is 1.50. The van der Waals surface area contributed by atoms with Crippen LogP contribution in [-0.4, -0.2) is 13.1 Å². The number of carbonyl (C=O) groups excluding carboxylic acids is 1. The van der Waals surface area contributed by atoms with Gasteiger partial charge in [0.15, 0.2) is 0 Å². The summed E-state index contributed by atoms with van der Waals surface area (Å²) in [5.41, 5.74) is 6.85. The van der Waals surface area contributed by atoms with Crippen LogP contribution in [0.4, 0.5) is 5.69 Å². The fraction of sp³-hybridized carbons (Fsp3) is 0.192. The highest BCUT2D eigenvalue weighted by Gasteiger charge is 2.38. The summed E-state index contributed by atoms with van der Waals surface area (Å²) in [6.45, 7) is 0. The molecule has 0 aromatic heterocycles. The molecule has 29 heavy (non-hydrogen) atoms. The molecule has 0 amide bonds. The fourth-order valence-electron chi connectivity index (χ4n) is 4.68. The number of allylic oxidation sites excluding steroid dienone is 2. The molecule has 3 nitrogen and oxygen atoms in total. The molecule has 3 aromatic carbocycles. The molecular formula is C26H23NO2. The van der Waals surface area contributed by atoms with Gasteiger partial charge in [-0.3, -0.25) is 0 Å². The monoisotopic (exact) mass is 381 g/mol. The van der Waals surface area contributed by atoms with Crippen molar-refractivity contribution < 1.29 is 9.53 Å². The Labute approximate surface area is 171 Å². The number of hydrogen-bond donors (Lipinski definition) is 1. The minimum Gasteiger partial charge on any atom is -0.465 e. The van der Waals surface area contributed by atoms with Gasteiger partial charge in [-0.1, -0.05) is 60.7 Å². The largest absolute Gasteiger partial charge is 0.465 e. The van der Waals surface area contributed by atoms with Crippen molar-refractivity contribution in [2.24, 2.45) is 5.92 Å². The first-order chi connectivity index (χ1) is 14.2. The summed E-state index contributed by atoms with van der Waals surface area (Å²) in [5.74, 6) is 0.574. The van der Waals surface area contributed by atoms with Crippen molar-refractivity contribution in [3.05, 3.63) is 102 Å². The second-order valence-corrected chi connectivity index (χ2v) is 7.76. The summed E-state index contributed by atoms with van der Waals surface area (Å²) in [5, 5.41) is 3.77. The second-order valence-electron chi connectivity index (χ2n) is 7.76. The third kappa shape index (κ3) is 3.13. The van der Waals surface area contributed by atoms with E-state index in [1.165, 1.54) is 35.1 Å². The average molecular weight is 381 g/mol. The molecule has 1 N–H and O–H groups in total. The summed E-state index contributed by atoms with van der Waals surface area (Å²) < 4.78 is 4.82. The Bertz CT molecular complexity index is 1070. The van der Waals surface area contributed by atoms with Crippen LogP contribution in [0.3, 0.4) is 0 Å². The summed E-state index contributed by atoms with van der Waals surface area (Å²) in [4.78, 5) is 11.7. The standard InChI is InChI=1S/C26H23NO2/c1-29-26(28)19-12-10-18(11-13-19)25-22-9-5-8-21(22)23-16-20(14-15-24(23)27-25)17-6-3-2-4-7-17/h2-8,10-16,21-22,25,27H,9H2,1H3/t21?,22?,25-/m1/s1. The van der Waals surface area contributed by atoms with Crippen LogP contribution in [0, 0.1) is 5.92 Å². The highest BCUT2D eigenvalue weighted by Crippen LogP contribution is 2.50. The van der Waals surface area contributed by atoms with E-state index in [1.807, 2.05) is 24.3 Å². The minimum absolute atomic E-state index is 0.219. The normalized spacial score (nSPS) is 21.8. The Morgan fingerprint density at radius 1 is 0.966 bits per heavy atom. The van der Waals surface area contributed by atoms with E-state index in [0.717, 1.165) is 6.42 Å². The molecule has 3 atom stereocenters. The fourth-order valence-corrected chi connectivity index (χ4v) is 4.68. The van der Waals surface area contributed by atoms with E-state index in [4.69, 9.17) is 4.74 Å². The van der Waals surface area contributed by atoms with Gasteiger partial charge in [0, 0.05) is 11.6 Å². The highest BCUT2D eigenvalue weighted by atomic mass is 16.5. The van der Waals surface area contributed by atoms with E-state index < -0.39 is 0 Å². The van der Waals surface area contributed by atoms with E-state index in [1.54, 1.807) is 0 Å². The number of nitrogens with one attached hydrogen (secondary N) is 1. The molecule has 1 aliphatic heterocycles. The number of methoxy groups -OCH3 is 1. The lowest BCUT2D eigenvalue weighted by Crippen LogP contribution is -2.29. The van der Waals surface area contributed by atoms with Gasteiger partial charge in [-0.05, 0) is 58.9 Å². The maximum absolute atomic E-state index is 11.7. The van der Waals surface area contributed by atoms with E-state index in [9.17, 15) is 4.79 Å². The molecule has 0 spiro atoms. The Kier molecular flexibility index (Phi) is 4.44. The van der Waals surface area contributed by atoms with Crippen molar-refractivity contribution in [1.29, 1.82) is 0 Å². The summed E-state index contributed by atoms with van der Waals surface area (Å²) >= 11 is 0. The number of ether oxygens (including phenoxy) is 1. The van der Waals surface area contributed by atoms with Gasteiger partial charge in [-0.2, -0.15) is 0 Å². The zero-order valence-corrected chi connectivity index (χ0v) is 16.3. The lowest BCUT2D eigenvalue weighted by molar-refractivity contribution is 0.0600. The number of carbonyl (C=O) groups is 1. The topological polar surface area (TPSA) is 38.3 Å². The van der Waals surface area contributed by atoms with Crippen LogP contribution >= 0.6 is 0 Å². The molecule has 1 aliphatic carbocycles. The molecule has 144 valence electrons. The summed E-state index contributed by atoms with van der Waals surface area (Å²) in [6.07, 6.45) is 5.71. The molecule has 0 saturated carbocycles. The minimum atomic E-state index is -0.299. The highest BCUT2D eigenvalue weighted by molar-refractivity contribution is 5.89. The molecule has 2 aliphatic rings.